The first-order valence-electron chi connectivity index (χ1n) is 7.50. The largest absolute Gasteiger partial charge is 0.465 e. The van der Waals surface area contributed by atoms with Gasteiger partial charge in [0.1, 0.15) is 29.0 Å². The number of furan rings is 2. The number of carbonyl (C=O) groups excluding carboxylic acids is 1. The Hall–Kier alpha value is -2.27. The van der Waals surface area contributed by atoms with E-state index in [-0.39, 0.29) is 5.92 Å². The van der Waals surface area contributed by atoms with Crippen molar-refractivity contribution in [2.45, 2.75) is 19.8 Å². The lowest BCUT2D eigenvalue weighted by atomic mass is 9.90. The Morgan fingerprint density at radius 2 is 1.58 bits per heavy atom. The number of hydrogen-bond donors (Lipinski definition) is 0. The van der Waals surface area contributed by atoms with Crippen molar-refractivity contribution in [2.75, 3.05) is 7.11 Å². The van der Waals surface area contributed by atoms with Crippen LogP contribution in [-0.4, -0.2) is 13.1 Å². The lowest BCUT2D eigenvalue weighted by molar-refractivity contribution is 0.0599. The monoisotopic (exact) mass is 388 g/mol. The fraction of sp³-hybridized carbons (Fsp3) is 0.211. The smallest absolute Gasteiger partial charge is 0.338 e. The summed E-state index contributed by atoms with van der Waals surface area (Å²) in [5.41, 5.74) is 1.24. The van der Waals surface area contributed by atoms with Crippen LogP contribution in [0.15, 0.2) is 55.8 Å². The van der Waals surface area contributed by atoms with Gasteiger partial charge in [-0.1, -0.05) is 22.0 Å². The fourth-order valence-electron chi connectivity index (χ4n) is 2.73. The van der Waals surface area contributed by atoms with Crippen LogP contribution in [-0.2, 0) is 4.74 Å². The van der Waals surface area contributed by atoms with Crippen LogP contribution in [0.1, 0.15) is 44.9 Å². The highest BCUT2D eigenvalue weighted by molar-refractivity contribution is 9.10. The van der Waals surface area contributed by atoms with Crippen LogP contribution < -0.4 is 0 Å². The van der Waals surface area contributed by atoms with Crippen LogP contribution in [0, 0.1) is 13.8 Å². The van der Waals surface area contributed by atoms with Crippen molar-refractivity contribution in [2.24, 2.45) is 0 Å². The summed E-state index contributed by atoms with van der Waals surface area (Å²) < 4.78 is 17.4. The number of halogens is 1. The number of esters is 1. The van der Waals surface area contributed by atoms with Gasteiger partial charge in [-0.3, -0.25) is 0 Å². The molecule has 24 heavy (non-hydrogen) atoms. The standard InChI is InChI=1S/C19H17BrO4/c1-11-4-8-16(23-11)18(17-9-5-12(2)24-17)14-7-6-13(20)10-15(14)19(21)22-3/h4-10,18H,1-3H3. The van der Waals surface area contributed by atoms with E-state index >= 15 is 0 Å². The predicted molar refractivity (Wildman–Crippen MR) is 93.3 cm³/mol. The zero-order valence-corrected chi connectivity index (χ0v) is 15.2. The highest BCUT2D eigenvalue weighted by Gasteiger charge is 2.28. The van der Waals surface area contributed by atoms with Crippen LogP contribution in [0.3, 0.4) is 0 Å². The summed E-state index contributed by atoms with van der Waals surface area (Å²) in [4.78, 5) is 12.3. The Bertz CT molecular complexity index is 835. The SMILES string of the molecule is COC(=O)c1cc(Br)ccc1C(c1ccc(C)o1)c1ccc(C)o1. The quantitative estimate of drug-likeness (QED) is 0.575. The van der Waals surface area contributed by atoms with Crippen molar-refractivity contribution in [3.8, 4) is 0 Å². The minimum absolute atomic E-state index is 0.324. The van der Waals surface area contributed by atoms with E-state index in [0.717, 1.165) is 21.6 Å². The van der Waals surface area contributed by atoms with E-state index in [9.17, 15) is 4.79 Å². The molecular formula is C19H17BrO4. The van der Waals surface area contributed by atoms with Crippen LogP contribution in [0.2, 0.25) is 0 Å². The van der Waals surface area contributed by atoms with Crippen LogP contribution in [0.25, 0.3) is 0 Å². The van der Waals surface area contributed by atoms with Crippen molar-refractivity contribution >= 4 is 21.9 Å². The minimum Gasteiger partial charge on any atom is -0.465 e. The number of carbonyl (C=O) groups is 1. The van der Waals surface area contributed by atoms with Gasteiger partial charge < -0.3 is 13.6 Å². The van der Waals surface area contributed by atoms with E-state index in [0.29, 0.717) is 17.1 Å². The topological polar surface area (TPSA) is 52.6 Å². The molecule has 2 heterocycles. The summed E-state index contributed by atoms with van der Waals surface area (Å²) >= 11 is 3.41. The molecule has 2 aromatic heterocycles. The maximum atomic E-state index is 12.3. The molecule has 0 spiro atoms. The number of methoxy groups -OCH3 is 1. The lowest BCUT2D eigenvalue weighted by Crippen LogP contribution is -2.11. The molecule has 0 bridgehead atoms. The van der Waals surface area contributed by atoms with Gasteiger partial charge in [0.2, 0.25) is 0 Å². The zero-order chi connectivity index (χ0) is 17.3. The van der Waals surface area contributed by atoms with E-state index in [1.165, 1.54) is 7.11 Å². The third-order valence-electron chi connectivity index (χ3n) is 3.82. The predicted octanol–water partition coefficient (Wildman–Crippen LogP) is 5.22. The molecule has 1 aromatic carbocycles. The maximum Gasteiger partial charge on any atom is 0.338 e. The van der Waals surface area contributed by atoms with Gasteiger partial charge in [0.15, 0.2) is 0 Å². The Balaban J connectivity index is 2.21. The molecule has 3 aromatic rings. The van der Waals surface area contributed by atoms with Crippen molar-refractivity contribution < 1.29 is 18.4 Å². The average molecular weight is 389 g/mol. The first-order chi connectivity index (χ1) is 11.5. The van der Waals surface area contributed by atoms with Gasteiger partial charge in [0.25, 0.3) is 0 Å². The molecule has 4 nitrogen and oxygen atoms in total. The van der Waals surface area contributed by atoms with Crippen molar-refractivity contribution in [1.29, 1.82) is 0 Å². The van der Waals surface area contributed by atoms with Gasteiger partial charge in [0.05, 0.1) is 12.7 Å². The van der Waals surface area contributed by atoms with Gasteiger partial charge in [-0.15, -0.1) is 0 Å². The highest BCUT2D eigenvalue weighted by Crippen LogP contribution is 2.37. The number of aryl methyl sites for hydroxylation is 2. The molecule has 0 amide bonds. The molecule has 0 atom stereocenters. The zero-order valence-electron chi connectivity index (χ0n) is 13.6. The molecule has 0 fully saturated rings. The van der Waals surface area contributed by atoms with Crippen LogP contribution in [0.5, 0.6) is 0 Å². The van der Waals surface area contributed by atoms with E-state index in [1.807, 2.05) is 50.2 Å². The van der Waals surface area contributed by atoms with Gasteiger partial charge in [0, 0.05) is 4.47 Å². The Kier molecular flexibility index (Phi) is 4.62. The molecule has 0 aliphatic carbocycles. The number of rotatable bonds is 4. The minimum atomic E-state index is -0.400. The van der Waals surface area contributed by atoms with Crippen LogP contribution >= 0.6 is 15.9 Å². The third kappa shape index (κ3) is 3.17. The maximum absolute atomic E-state index is 12.3. The molecule has 0 N–H and O–H groups in total. The Morgan fingerprint density at radius 3 is 2.04 bits per heavy atom. The van der Waals surface area contributed by atoms with Crippen molar-refractivity contribution in [3.05, 3.63) is 81.1 Å². The lowest BCUT2D eigenvalue weighted by Gasteiger charge is -2.16. The summed E-state index contributed by atoms with van der Waals surface area (Å²) in [7, 11) is 1.37. The third-order valence-corrected chi connectivity index (χ3v) is 4.32. The number of ether oxygens (including phenoxy) is 1. The summed E-state index contributed by atoms with van der Waals surface area (Å²) in [6, 6.07) is 13.1. The second-order valence-corrected chi connectivity index (χ2v) is 6.47. The molecule has 0 unspecified atom stereocenters. The molecular weight excluding hydrogens is 372 g/mol. The van der Waals surface area contributed by atoms with Crippen LogP contribution in [0.4, 0.5) is 0 Å². The normalized spacial score (nSPS) is 11.0. The molecule has 0 saturated carbocycles. The number of hydrogen-bond acceptors (Lipinski definition) is 4. The molecule has 0 aliphatic heterocycles. The fourth-order valence-corrected chi connectivity index (χ4v) is 3.09. The van der Waals surface area contributed by atoms with Gasteiger partial charge >= 0.3 is 5.97 Å². The molecule has 3 rings (SSSR count). The molecule has 0 aliphatic rings. The van der Waals surface area contributed by atoms with Gasteiger partial charge in [-0.25, -0.2) is 4.79 Å². The summed E-state index contributed by atoms with van der Waals surface area (Å²) in [6.45, 7) is 3.77. The first-order valence-corrected chi connectivity index (χ1v) is 8.29. The van der Waals surface area contributed by atoms with E-state index in [2.05, 4.69) is 15.9 Å². The molecule has 5 heteroatoms. The van der Waals surface area contributed by atoms with E-state index in [1.54, 1.807) is 6.07 Å². The Morgan fingerprint density at radius 1 is 1.00 bits per heavy atom. The molecule has 0 radical (unpaired) electrons. The molecule has 124 valence electrons. The first kappa shape index (κ1) is 16.6. The highest BCUT2D eigenvalue weighted by atomic mass is 79.9. The van der Waals surface area contributed by atoms with E-state index in [4.69, 9.17) is 13.6 Å². The van der Waals surface area contributed by atoms with Crippen molar-refractivity contribution in [1.82, 2.24) is 0 Å². The summed E-state index contributed by atoms with van der Waals surface area (Å²) in [5, 5.41) is 0. The molecule has 0 saturated heterocycles. The van der Waals surface area contributed by atoms with Crippen molar-refractivity contribution in [3.63, 3.8) is 0 Å². The Labute approximate surface area is 148 Å². The average Bonchev–Trinajstić information content (AvgIpc) is 3.17. The summed E-state index contributed by atoms with van der Waals surface area (Å²) in [6.07, 6.45) is 0. The second-order valence-electron chi connectivity index (χ2n) is 5.55. The second kappa shape index (κ2) is 6.69. The van der Waals surface area contributed by atoms with E-state index < -0.39 is 5.97 Å². The van der Waals surface area contributed by atoms with Gasteiger partial charge in [-0.2, -0.15) is 0 Å². The van der Waals surface area contributed by atoms with Gasteiger partial charge in [-0.05, 0) is 55.8 Å². The summed E-state index contributed by atoms with van der Waals surface area (Å²) in [5.74, 6) is 2.31. The number of benzene rings is 1.